The van der Waals surface area contributed by atoms with Gasteiger partial charge in [0.15, 0.2) is 0 Å². The molecule has 0 aliphatic rings. The summed E-state index contributed by atoms with van der Waals surface area (Å²) in [5.41, 5.74) is -3.00. The summed E-state index contributed by atoms with van der Waals surface area (Å²) in [6.07, 6.45) is -4.41. The van der Waals surface area contributed by atoms with Gasteiger partial charge in [0, 0.05) is 0 Å². The van der Waals surface area contributed by atoms with Crippen molar-refractivity contribution in [1.29, 1.82) is 0 Å². The van der Waals surface area contributed by atoms with E-state index in [1.54, 1.807) is 0 Å². The van der Waals surface area contributed by atoms with Crippen molar-refractivity contribution in [3.63, 3.8) is 0 Å². The number of nitro groups is 1. The van der Waals surface area contributed by atoms with Gasteiger partial charge in [0.05, 0.1) is 11.5 Å². The number of rotatable bonds is 3. The number of carbonyl (C=O) groups excluding carboxylic acids is 1. The summed E-state index contributed by atoms with van der Waals surface area (Å²) in [5, 5.41) is 10.6. The van der Waals surface area contributed by atoms with Crippen molar-refractivity contribution in [3.8, 4) is 0 Å². The highest BCUT2D eigenvalue weighted by Gasteiger charge is 2.35. The van der Waals surface area contributed by atoms with Crippen LogP contribution < -0.4 is 0 Å². The zero-order valence-corrected chi connectivity index (χ0v) is 9.02. The fraction of sp³-hybridized carbons (Fsp3) is 0.333. The van der Waals surface area contributed by atoms with E-state index < -0.39 is 34.0 Å². The normalized spacial score (nSPS) is 11.1. The van der Waals surface area contributed by atoms with Gasteiger partial charge in [-0.05, 0) is 13.0 Å². The lowest BCUT2D eigenvalue weighted by molar-refractivity contribution is -0.385. The summed E-state index contributed by atoms with van der Waals surface area (Å²) in [7, 11) is 0. The molecular weight excluding hydrogens is 257 g/mol. The molecule has 0 atom stereocenters. The van der Waals surface area contributed by atoms with Crippen LogP contribution in [0.25, 0.3) is 0 Å². The first kappa shape index (κ1) is 13.9. The Kier molecular flexibility index (Phi) is 3.84. The molecule has 0 saturated heterocycles. The number of hydrogen-bond donors (Lipinski definition) is 0. The van der Waals surface area contributed by atoms with Crippen LogP contribution >= 0.6 is 0 Å². The molecule has 1 rings (SSSR count). The molecule has 18 heavy (non-hydrogen) atoms. The zero-order chi connectivity index (χ0) is 13.9. The quantitative estimate of drug-likeness (QED) is 0.474. The van der Waals surface area contributed by atoms with E-state index in [0.717, 1.165) is 0 Å². The van der Waals surface area contributed by atoms with Crippen molar-refractivity contribution in [3.05, 3.63) is 33.6 Å². The largest absolute Gasteiger partial charge is 0.462 e. The molecule has 9 heteroatoms. The Labute approximate surface area is 98.5 Å². The second-order valence-electron chi connectivity index (χ2n) is 3.06. The van der Waals surface area contributed by atoms with Crippen LogP contribution in [0.4, 0.5) is 18.9 Å². The summed E-state index contributed by atoms with van der Waals surface area (Å²) >= 11 is 0. The number of aromatic nitrogens is 1. The molecule has 0 N–H and O–H groups in total. The van der Waals surface area contributed by atoms with Crippen LogP contribution in [0.1, 0.15) is 23.0 Å². The molecule has 1 aromatic heterocycles. The van der Waals surface area contributed by atoms with Gasteiger partial charge in [0.2, 0.25) is 0 Å². The van der Waals surface area contributed by atoms with E-state index >= 15 is 0 Å². The topological polar surface area (TPSA) is 82.3 Å². The summed E-state index contributed by atoms with van der Waals surface area (Å²) in [5.74, 6) is -1.20. The molecule has 1 heterocycles. The molecule has 6 nitrogen and oxygen atoms in total. The highest BCUT2D eigenvalue weighted by molar-refractivity contribution is 5.93. The third-order valence-electron chi connectivity index (χ3n) is 1.87. The number of hydrogen-bond acceptors (Lipinski definition) is 5. The smallest absolute Gasteiger partial charge is 0.433 e. The van der Waals surface area contributed by atoms with Crippen molar-refractivity contribution < 1.29 is 27.6 Å². The average molecular weight is 264 g/mol. The van der Waals surface area contributed by atoms with E-state index in [-0.39, 0.29) is 6.61 Å². The monoisotopic (exact) mass is 264 g/mol. The molecular formula is C9H7F3N2O4. The molecule has 0 bridgehead atoms. The van der Waals surface area contributed by atoms with Crippen molar-refractivity contribution in [2.24, 2.45) is 0 Å². The minimum atomic E-state index is -4.80. The predicted octanol–water partition coefficient (Wildman–Crippen LogP) is 2.19. The minimum Gasteiger partial charge on any atom is -0.462 e. The summed E-state index contributed by atoms with van der Waals surface area (Å²) in [6.45, 7) is 1.31. The van der Waals surface area contributed by atoms with E-state index in [1.807, 2.05) is 0 Å². The van der Waals surface area contributed by atoms with Crippen molar-refractivity contribution in [2.45, 2.75) is 13.1 Å². The SMILES string of the molecule is CCOC(=O)c1cc(C(F)(F)F)ncc1[N+](=O)[O-]. The lowest BCUT2D eigenvalue weighted by atomic mass is 10.2. The van der Waals surface area contributed by atoms with E-state index in [4.69, 9.17) is 0 Å². The van der Waals surface area contributed by atoms with Crippen LogP contribution in [0.2, 0.25) is 0 Å². The molecule has 0 aromatic carbocycles. The van der Waals surface area contributed by atoms with Crippen LogP contribution in [0, 0.1) is 10.1 Å². The Morgan fingerprint density at radius 3 is 2.61 bits per heavy atom. The van der Waals surface area contributed by atoms with E-state index in [1.165, 1.54) is 6.92 Å². The number of halogens is 3. The van der Waals surface area contributed by atoms with E-state index in [9.17, 15) is 28.1 Å². The lowest BCUT2D eigenvalue weighted by Crippen LogP contribution is -2.13. The fourth-order valence-electron chi connectivity index (χ4n) is 1.12. The number of pyridine rings is 1. The Hall–Kier alpha value is -2.19. The maximum absolute atomic E-state index is 12.4. The number of carbonyl (C=O) groups is 1. The summed E-state index contributed by atoms with van der Waals surface area (Å²) < 4.78 is 41.5. The molecule has 0 spiro atoms. The highest BCUT2D eigenvalue weighted by atomic mass is 19.4. The molecule has 0 aliphatic carbocycles. The van der Waals surface area contributed by atoms with Gasteiger partial charge in [-0.25, -0.2) is 9.78 Å². The van der Waals surface area contributed by atoms with Crippen LogP contribution in [0.15, 0.2) is 12.3 Å². The van der Waals surface area contributed by atoms with Crippen molar-refractivity contribution >= 4 is 11.7 Å². The molecule has 0 amide bonds. The molecule has 0 fully saturated rings. The van der Waals surface area contributed by atoms with E-state index in [0.29, 0.717) is 12.3 Å². The predicted molar refractivity (Wildman–Crippen MR) is 51.8 cm³/mol. The standard InChI is InChI=1S/C9H7F3N2O4/c1-2-18-8(15)5-3-7(9(10,11)12)13-4-6(5)14(16)17/h3-4H,2H2,1H3. The molecule has 1 aromatic rings. The van der Waals surface area contributed by atoms with Crippen molar-refractivity contribution in [1.82, 2.24) is 4.98 Å². The van der Waals surface area contributed by atoms with Crippen molar-refractivity contribution in [2.75, 3.05) is 6.61 Å². The van der Waals surface area contributed by atoms with Gasteiger partial charge >= 0.3 is 17.8 Å². The van der Waals surface area contributed by atoms with Gasteiger partial charge in [-0.2, -0.15) is 13.2 Å². The van der Waals surface area contributed by atoms with Crippen LogP contribution in [-0.2, 0) is 10.9 Å². The van der Waals surface area contributed by atoms with Gasteiger partial charge in [-0.1, -0.05) is 0 Å². The summed E-state index contributed by atoms with van der Waals surface area (Å²) in [6, 6.07) is 0.302. The van der Waals surface area contributed by atoms with Crippen LogP contribution in [0.5, 0.6) is 0 Å². The first-order valence-corrected chi connectivity index (χ1v) is 4.66. The van der Waals surface area contributed by atoms with Crippen LogP contribution in [-0.4, -0.2) is 22.5 Å². The molecule has 98 valence electrons. The first-order valence-electron chi connectivity index (χ1n) is 4.66. The second-order valence-corrected chi connectivity index (χ2v) is 3.06. The van der Waals surface area contributed by atoms with Gasteiger partial charge in [-0.15, -0.1) is 0 Å². The zero-order valence-electron chi connectivity index (χ0n) is 9.02. The third kappa shape index (κ3) is 2.93. The number of nitrogens with zero attached hydrogens (tertiary/aromatic N) is 2. The Morgan fingerprint density at radius 2 is 2.17 bits per heavy atom. The number of ether oxygens (including phenoxy) is 1. The lowest BCUT2D eigenvalue weighted by Gasteiger charge is -2.07. The van der Waals surface area contributed by atoms with Gasteiger partial charge in [-0.3, -0.25) is 10.1 Å². The number of esters is 1. The molecule has 0 saturated carbocycles. The second kappa shape index (κ2) is 4.98. The third-order valence-corrected chi connectivity index (χ3v) is 1.87. The Bertz CT molecular complexity index is 487. The average Bonchev–Trinajstić information content (AvgIpc) is 2.27. The minimum absolute atomic E-state index is 0.111. The molecule has 0 radical (unpaired) electrons. The maximum Gasteiger partial charge on any atom is 0.433 e. The van der Waals surface area contributed by atoms with Gasteiger partial charge < -0.3 is 4.74 Å². The van der Waals surface area contributed by atoms with Crippen LogP contribution in [0.3, 0.4) is 0 Å². The number of alkyl halides is 3. The molecule has 0 aliphatic heterocycles. The van der Waals surface area contributed by atoms with E-state index in [2.05, 4.69) is 9.72 Å². The fourth-order valence-corrected chi connectivity index (χ4v) is 1.12. The molecule has 0 unspecified atom stereocenters. The maximum atomic E-state index is 12.4. The highest BCUT2D eigenvalue weighted by Crippen LogP contribution is 2.30. The Balaban J connectivity index is 3.33. The van der Waals surface area contributed by atoms with Gasteiger partial charge in [0.25, 0.3) is 0 Å². The Morgan fingerprint density at radius 1 is 1.56 bits per heavy atom. The summed E-state index contributed by atoms with van der Waals surface area (Å²) in [4.78, 5) is 23.8. The van der Waals surface area contributed by atoms with Gasteiger partial charge in [0.1, 0.15) is 17.5 Å². The first-order chi connectivity index (χ1) is 8.27.